The van der Waals surface area contributed by atoms with Gasteiger partial charge in [0.25, 0.3) is 5.91 Å². The summed E-state index contributed by atoms with van der Waals surface area (Å²) in [7, 11) is 0. The Morgan fingerprint density at radius 2 is 1.61 bits per heavy atom. The maximum atomic E-state index is 12.8. The molecule has 31 heavy (non-hydrogen) atoms. The molecule has 1 heterocycles. The van der Waals surface area contributed by atoms with E-state index in [1.807, 2.05) is 67.7 Å². The van der Waals surface area contributed by atoms with E-state index in [2.05, 4.69) is 5.10 Å². The standard InChI is InChI=1S/C23H24N4O4/c1-14-4-8-17(9-5-14)12-27-13-19(20(26-27)18-10-6-15(2)7-11-18)22(29)31-16(3)21(28)25-23(24)30/h4-11,13,16H,12H2,1-3H3,(H3,24,25,28,30)/t16-/m0/s1. The van der Waals surface area contributed by atoms with Crippen LogP contribution in [0, 0.1) is 13.8 Å². The highest BCUT2D eigenvalue weighted by Gasteiger charge is 2.24. The van der Waals surface area contributed by atoms with Crippen molar-refractivity contribution in [3.8, 4) is 11.3 Å². The average molecular weight is 420 g/mol. The van der Waals surface area contributed by atoms with Gasteiger partial charge in [-0.2, -0.15) is 5.10 Å². The fraction of sp³-hybridized carbons (Fsp3) is 0.217. The molecule has 3 rings (SSSR count). The molecule has 0 radical (unpaired) electrons. The molecule has 1 atom stereocenters. The van der Waals surface area contributed by atoms with Crippen LogP contribution in [0.25, 0.3) is 11.3 Å². The number of ether oxygens (including phenoxy) is 1. The summed E-state index contributed by atoms with van der Waals surface area (Å²) in [4.78, 5) is 35.6. The van der Waals surface area contributed by atoms with E-state index in [-0.39, 0.29) is 5.56 Å². The number of nitrogens with two attached hydrogens (primary N) is 1. The number of carbonyl (C=O) groups excluding carboxylic acids is 3. The van der Waals surface area contributed by atoms with Gasteiger partial charge in [0.2, 0.25) is 0 Å². The van der Waals surface area contributed by atoms with Gasteiger partial charge < -0.3 is 10.5 Å². The molecule has 8 nitrogen and oxygen atoms in total. The zero-order valence-electron chi connectivity index (χ0n) is 17.6. The summed E-state index contributed by atoms with van der Waals surface area (Å²) in [6, 6.07) is 14.6. The third-order valence-electron chi connectivity index (χ3n) is 4.67. The quantitative estimate of drug-likeness (QED) is 0.595. The highest BCUT2D eigenvalue weighted by atomic mass is 16.5. The molecule has 0 unspecified atom stereocenters. The lowest BCUT2D eigenvalue weighted by Gasteiger charge is -2.11. The summed E-state index contributed by atoms with van der Waals surface area (Å²) < 4.78 is 6.91. The van der Waals surface area contributed by atoms with Gasteiger partial charge in [-0.3, -0.25) is 14.8 Å². The summed E-state index contributed by atoms with van der Waals surface area (Å²) in [5.74, 6) is -1.53. The van der Waals surface area contributed by atoms with Crippen LogP contribution in [0.3, 0.4) is 0 Å². The van der Waals surface area contributed by atoms with Crippen LogP contribution in [0.15, 0.2) is 54.7 Å². The zero-order valence-corrected chi connectivity index (χ0v) is 17.6. The van der Waals surface area contributed by atoms with Crippen LogP contribution in [-0.4, -0.2) is 33.8 Å². The van der Waals surface area contributed by atoms with Crippen molar-refractivity contribution in [1.82, 2.24) is 15.1 Å². The number of benzene rings is 2. The molecular weight excluding hydrogens is 396 g/mol. The van der Waals surface area contributed by atoms with Crippen LogP contribution in [0.4, 0.5) is 4.79 Å². The van der Waals surface area contributed by atoms with Gasteiger partial charge >= 0.3 is 12.0 Å². The lowest BCUT2D eigenvalue weighted by Crippen LogP contribution is -2.42. The Kier molecular flexibility index (Phi) is 6.49. The molecule has 0 saturated heterocycles. The third kappa shape index (κ3) is 5.57. The minimum Gasteiger partial charge on any atom is -0.449 e. The summed E-state index contributed by atoms with van der Waals surface area (Å²) in [6.07, 6.45) is 0.391. The first-order valence-electron chi connectivity index (χ1n) is 9.74. The van der Waals surface area contributed by atoms with Crippen molar-refractivity contribution in [2.75, 3.05) is 0 Å². The fourth-order valence-electron chi connectivity index (χ4n) is 2.96. The second-order valence-electron chi connectivity index (χ2n) is 7.34. The van der Waals surface area contributed by atoms with E-state index in [0.29, 0.717) is 12.2 Å². The number of aromatic nitrogens is 2. The molecule has 0 fully saturated rings. The number of rotatable bonds is 6. The number of amides is 3. The number of nitrogens with zero attached hydrogens (tertiary/aromatic N) is 2. The number of hydrogen-bond donors (Lipinski definition) is 2. The molecule has 8 heteroatoms. The lowest BCUT2D eigenvalue weighted by atomic mass is 10.1. The van der Waals surface area contributed by atoms with Crippen molar-refractivity contribution in [2.45, 2.75) is 33.4 Å². The number of primary amides is 1. The Morgan fingerprint density at radius 3 is 2.19 bits per heavy atom. The third-order valence-corrected chi connectivity index (χ3v) is 4.67. The number of aryl methyl sites for hydroxylation is 2. The van der Waals surface area contributed by atoms with E-state index < -0.39 is 24.0 Å². The number of carbonyl (C=O) groups is 3. The van der Waals surface area contributed by atoms with Crippen molar-refractivity contribution in [1.29, 1.82) is 0 Å². The van der Waals surface area contributed by atoms with E-state index in [9.17, 15) is 14.4 Å². The van der Waals surface area contributed by atoms with Gasteiger partial charge in [0.15, 0.2) is 6.10 Å². The monoisotopic (exact) mass is 420 g/mol. The number of imide groups is 1. The van der Waals surface area contributed by atoms with E-state index in [4.69, 9.17) is 10.5 Å². The maximum Gasteiger partial charge on any atom is 0.342 e. The Balaban J connectivity index is 1.90. The van der Waals surface area contributed by atoms with Gasteiger partial charge in [-0.05, 0) is 26.3 Å². The summed E-state index contributed by atoms with van der Waals surface area (Å²) in [5.41, 5.74) is 9.60. The van der Waals surface area contributed by atoms with Gasteiger partial charge in [-0.1, -0.05) is 59.7 Å². The normalized spacial score (nSPS) is 11.6. The maximum absolute atomic E-state index is 12.8. The van der Waals surface area contributed by atoms with Crippen LogP contribution in [0.5, 0.6) is 0 Å². The Labute approximate surface area is 180 Å². The highest BCUT2D eigenvalue weighted by Crippen LogP contribution is 2.24. The first-order chi connectivity index (χ1) is 14.7. The van der Waals surface area contributed by atoms with Crippen molar-refractivity contribution >= 4 is 17.9 Å². The van der Waals surface area contributed by atoms with Crippen LogP contribution >= 0.6 is 0 Å². The predicted octanol–water partition coefficient (Wildman–Crippen LogP) is 2.96. The minimum atomic E-state index is -1.20. The minimum absolute atomic E-state index is 0.217. The van der Waals surface area contributed by atoms with Gasteiger partial charge in [-0.25, -0.2) is 9.59 Å². The Bertz CT molecular complexity index is 1100. The van der Waals surface area contributed by atoms with E-state index in [0.717, 1.165) is 22.3 Å². The molecule has 1 aromatic heterocycles. The predicted molar refractivity (Wildman–Crippen MR) is 115 cm³/mol. The smallest absolute Gasteiger partial charge is 0.342 e. The van der Waals surface area contributed by atoms with Gasteiger partial charge in [0, 0.05) is 11.8 Å². The van der Waals surface area contributed by atoms with E-state index >= 15 is 0 Å². The highest BCUT2D eigenvalue weighted by molar-refractivity contribution is 6.00. The molecule has 2 aromatic carbocycles. The Hall–Kier alpha value is -3.94. The van der Waals surface area contributed by atoms with Crippen molar-refractivity contribution in [3.63, 3.8) is 0 Å². The van der Waals surface area contributed by atoms with Gasteiger partial charge in [0.05, 0.1) is 6.54 Å². The SMILES string of the molecule is Cc1ccc(Cn2cc(C(=O)O[C@@H](C)C(=O)NC(N)=O)c(-c3ccc(C)cc3)n2)cc1. The van der Waals surface area contributed by atoms with Crippen molar-refractivity contribution < 1.29 is 19.1 Å². The molecule has 0 aliphatic carbocycles. The summed E-state index contributed by atoms with van der Waals surface area (Å²) in [6.45, 7) is 5.80. The average Bonchev–Trinajstić information content (AvgIpc) is 3.13. The molecule has 0 aliphatic rings. The molecule has 3 N–H and O–H groups in total. The fourth-order valence-corrected chi connectivity index (χ4v) is 2.96. The van der Waals surface area contributed by atoms with Crippen LogP contribution in [0.1, 0.15) is 34.0 Å². The van der Waals surface area contributed by atoms with E-state index in [1.54, 1.807) is 10.9 Å². The second kappa shape index (κ2) is 9.25. The first-order valence-corrected chi connectivity index (χ1v) is 9.74. The molecule has 3 aromatic rings. The number of esters is 1. The molecule has 0 aliphatic heterocycles. The van der Waals surface area contributed by atoms with Crippen LogP contribution in [0.2, 0.25) is 0 Å². The lowest BCUT2D eigenvalue weighted by molar-refractivity contribution is -0.127. The van der Waals surface area contributed by atoms with Crippen molar-refractivity contribution in [2.24, 2.45) is 5.73 Å². The summed E-state index contributed by atoms with van der Waals surface area (Å²) in [5, 5.41) is 6.49. The second-order valence-corrected chi connectivity index (χ2v) is 7.34. The number of urea groups is 1. The molecule has 160 valence electrons. The molecular formula is C23H24N4O4. The molecule has 0 bridgehead atoms. The number of hydrogen-bond acceptors (Lipinski definition) is 5. The van der Waals surface area contributed by atoms with Crippen molar-refractivity contribution in [3.05, 3.63) is 77.0 Å². The van der Waals surface area contributed by atoms with Crippen LogP contribution < -0.4 is 11.1 Å². The van der Waals surface area contributed by atoms with Crippen LogP contribution in [-0.2, 0) is 16.1 Å². The molecule has 3 amide bonds. The first kappa shape index (κ1) is 21.8. The zero-order chi connectivity index (χ0) is 22.5. The topological polar surface area (TPSA) is 116 Å². The molecule has 0 saturated carbocycles. The largest absolute Gasteiger partial charge is 0.449 e. The van der Waals surface area contributed by atoms with E-state index in [1.165, 1.54) is 6.92 Å². The summed E-state index contributed by atoms with van der Waals surface area (Å²) >= 11 is 0. The Morgan fingerprint density at radius 1 is 1.03 bits per heavy atom. The van der Waals surface area contributed by atoms with Gasteiger partial charge in [0.1, 0.15) is 11.3 Å². The number of nitrogens with one attached hydrogen (secondary N) is 1. The van der Waals surface area contributed by atoms with Gasteiger partial charge in [-0.15, -0.1) is 0 Å². The molecule has 0 spiro atoms.